The van der Waals surface area contributed by atoms with Crippen molar-refractivity contribution >= 4 is 13.7 Å². The highest BCUT2D eigenvalue weighted by Crippen LogP contribution is 2.50. The van der Waals surface area contributed by atoms with Crippen molar-refractivity contribution in [1.82, 2.24) is 14.6 Å². The Morgan fingerprint density at radius 1 is 1.29 bits per heavy atom. The molecule has 1 saturated heterocycles. The number of ether oxygens (including phenoxy) is 2. The van der Waals surface area contributed by atoms with E-state index >= 15 is 4.39 Å². The summed E-state index contributed by atoms with van der Waals surface area (Å²) in [6.45, 7) is 0.0195. The van der Waals surface area contributed by atoms with E-state index in [1.54, 1.807) is 18.2 Å². The standard InChI is InChI=1S/C26H31FN3O10P/c1-3-25(35)22(33)26(27,39-23(25)30-15-14-20(31)28-24(30)34)16-37-41(36,40-19-12-8-5-9-13-19)29-17(2)21(32)38-18-10-6-4-7-11-18/h1,5,8-9,12-15,17-18,22-23,33,35H,4,6-7,10-11,16H2,2H3,(H,29,36)(H,28,31,34)/t17-,22-,23+,25+,26+,41?/m0/s1. The normalized spacial score (nSPS) is 28.8. The van der Waals surface area contributed by atoms with Gasteiger partial charge in [-0.1, -0.05) is 30.5 Å². The van der Waals surface area contributed by atoms with Gasteiger partial charge in [0, 0.05) is 12.3 Å². The first kappa shape index (κ1) is 30.6. The zero-order valence-corrected chi connectivity index (χ0v) is 23.0. The summed E-state index contributed by atoms with van der Waals surface area (Å²) in [4.78, 5) is 38.4. The van der Waals surface area contributed by atoms with Gasteiger partial charge in [-0.25, -0.2) is 13.8 Å². The number of para-hydroxylation sites is 1. The number of aliphatic hydroxyl groups is 2. The summed E-state index contributed by atoms with van der Waals surface area (Å²) in [6, 6.07) is 7.33. The molecule has 15 heteroatoms. The van der Waals surface area contributed by atoms with E-state index in [0.717, 1.165) is 31.5 Å². The zero-order valence-electron chi connectivity index (χ0n) is 22.1. The van der Waals surface area contributed by atoms with Gasteiger partial charge in [0.25, 0.3) is 11.4 Å². The predicted molar refractivity (Wildman–Crippen MR) is 141 cm³/mol. The van der Waals surface area contributed by atoms with Crippen LogP contribution >= 0.6 is 7.75 Å². The molecule has 2 aliphatic rings. The van der Waals surface area contributed by atoms with Crippen LogP contribution in [0.2, 0.25) is 0 Å². The summed E-state index contributed by atoms with van der Waals surface area (Å²) >= 11 is 0. The molecule has 1 unspecified atom stereocenters. The molecular weight excluding hydrogens is 564 g/mol. The highest BCUT2D eigenvalue weighted by Gasteiger charge is 2.65. The first-order chi connectivity index (χ1) is 19.4. The van der Waals surface area contributed by atoms with Gasteiger partial charge in [0.2, 0.25) is 5.60 Å². The lowest BCUT2D eigenvalue weighted by atomic mass is 9.94. The lowest BCUT2D eigenvalue weighted by Crippen LogP contribution is -2.51. The molecule has 2 aromatic rings. The lowest BCUT2D eigenvalue weighted by Gasteiger charge is -2.29. The van der Waals surface area contributed by atoms with E-state index in [0.29, 0.717) is 17.4 Å². The summed E-state index contributed by atoms with van der Waals surface area (Å²) in [5, 5.41) is 24.0. The number of carbonyl (C=O) groups excluding carboxylic acids is 1. The van der Waals surface area contributed by atoms with Gasteiger partial charge in [-0.2, -0.15) is 5.09 Å². The number of hydrogen-bond donors (Lipinski definition) is 4. The number of alkyl halides is 1. The molecular formula is C26H31FN3O10P. The molecule has 4 rings (SSSR count). The fourth-order valence-corrected chi connectivity index (χ4v) is 6.07. The monoisotopic (exact) mass is 595 g/mol. The number of carbonyl (C=O) groups is 1. The third-order valence-electron chi connectivity index (χ3n) is 6.78. The Morgan fingerprint density at radius 3 is 2.61 bits per heavy atom. The molecule has 6 atom stereocenters. The lowest BCUT2D eigenvalue weighted by molar-refractivity contribution is -0.204. The number of hydrogen-bond acceptors (Lipinski definition) is 10. The van der Waals surface area contributed by atoms with Crippen LogP contribution in [0.15, 0.2) is 52.2 Å². The van der Waals surface area contributed by atoms with E-state index in [1.165, 1.54) is 19.1 Å². The maximum Gasteiger partial charge on any atom is 0.459 e. The maximum absolute atomic E-state index is 16.1. The zero-order chi connectivity index (χ0) is 29.8. The van der Waals surface area contributed by atoms with Crippen molar-refractivity contribution in [2.75, 3.05) is 6.61 Å². The van der Waals surface area contributed by atoms with Crippen LogP contribution in [-0.4, -0.2) is 62.0 Å². The quantitative estimate of drug-likeness (QED) is 0.178. The smallest absolute Gasteiger partial charge is 0.459 e. The highest BCUT2D eigenvalue weighted by molar-refractivity contribution is 7.52. The van der Waals surface area contributed by atoms with Crippen LogP contribution < -0.4 is 20.9 Å². The molecule has 4 N–H and O–H groups in total. The predicted octanol–water partition coefficient (Wildman–Crippen LogP) is 1.51. The first-order valence-electron chi connectivity index (χ1n) is 12.9. The van der Waals surface area contributed by atoms with Crippen molar-refractivity contribution in [2.24, 2.45) is 0 Å². The Bertz CT molecular complexity index is 1440. The minimum Gasteiger partial charge on any atom is -0.461 e. The summed E-state index contributed by atoms with van der Waals surface area (Å²) in [5.74, 6) is -2.22. The molecule has 0 amide bonds. The van der Waals surface area contributed by atoms with Crippen molar-refractivity contribution in [3.8, 4) is 18.1 Å². The Balaban J connectivity index is 1.55. The number of nitrogens with one attached hydrogen (secondary N) is 2. The van der Waals surface area contributed by atoms with Crippen molar-refractivity contribution in [3.05, 3.63) is 63.4 Å². The van der Waals surface area contributed by atoms with E-state index in [-0.39, 0.29) is 11.9 Å². The average molecular weight is 596 g/mol. The number of halogens is 1. The fraction of sp³-hybridized carbons (Fsp3) is 0.500. The minimum atomic E-state index is -4.62. The number of H-pyrrole nitrogens is 1. The molecule has 2 fully saturated rings. The van der Waals surface area contributed by atoms with E-state index in [1.807, 2.05) is 10.9 Å². The van der Waals surface area contributed by atoms with E-state index in [2.05, 4.69) is 5.09 Å². The minimum absolute atomic E-state index is 0.0368. The first-order valence-corrected chi connectivity index (χ1v) is 14.5. The van der Waals surface area contributed by atoms with Crippen molar-refractivity contribution in [3.63, 3.8) is 0 Å². The largest absolute Gasteiger partial charge is 0.461 e. The van der Waals surface area contributed by atoms with Gasteiger partial charge in [-0.05, 0) is 44.7 Å². The fourth-order valence-electron chi connectivity index (χ4n) is 4.57. The number of aromatic nitrogens is 2. The van der Waals surface area contributed by atoms with E-state index < -0.39 is 61.4 Å². The van der Waals surface area contributed by atoms with Gasteiger partial charge in [0.1, 0.15) is 24.5 Å². The summed E-state index contributed by atoms with van der Waals surface area (Å²) < 4.78 is 51.9. The second kappa shape index (κ2) is 12.3. The Labute approximate surface area is 234 Å². The molecule has 1 aromatic carbocycles. The van der Waals surface area contributed by atoms with Crippen molar-refractivity contribution < 1.29 is 42.5 Å². The molecule has 0 bridgehead atoms. The van der Waals surface area contributed by atoms with Crippen LogP contribution in [-0.2, 0) is 23.4 Å². The van der Waals surface area contributed by atoms with E-state index in [9.17, 15) is 29.2 Å². The molecule has 222 valence electrons. The van der Waals surface area contributed by atoms with Crippen LogP contribution in [0.1, 0.15) is 45.3 Å². The number of rotatable bonds is 10. The van der Waals surface area contributed by atoms with Gasteiger partial charge < -0.3 is 24.2 Å². The molecule has 41 heavy (non-hydrogen) atoms. The maximum atomic E-state index is 16.1. The highest BCUT2D eigenvalue weighted by atomic mass is 31.2. The second-order valence-electron chi connectivity index (χ2n) is 9.87. The average Bonchev–Trinajstić information content (AvgIpc) is 3.15. The topological polar surface area (TPSA) is 178 Å². The molecule has 2 heterocycles. The van der Waals surface area contributed by atoms with E-state index in [4.69, 9.17) is 24.9 Å². The number of terminal acetylenes is 1. The van der Waals surface area contributed by atoms with Crippen molar-refractivity contribution in [2.45, 2.75) is 75.0 Å². The third kappa shape index (κ3) is 6.78. The van der Waals surface area contributed by atoms with Crippen molar-refractivity contribution in [1.29, 1.82) is 0 Å². The Morgan fingerprint density at radius 2 is 1.98 bits per heavy atom. The summed E-state index contributed by atoms with van der Waals surface area (Å²) in [5.41, 5.74) is -4.72. The molecule has 1 aromatic heterocycles. The number of aliphatic hydroxyl groups excluding tert-OH is 1. The number of aromatic amines is 1. The van der Waals surface area contributed by atoms with Gasteiger partial charge in [0.15, 0.2) is 12.3 Å². The number of benzene rings is 1. The second-order valence-corrected chi connectivity index (χ2v) is 11.6. The number of esters is 1. The number of nitrogens with zero attached hydrogens (tertiary/aromatic N) is 1. The Hall–Kier alpha value is -3.31. The summed E-state index contributed by atoms with van der Waals surface area (Å²) in [7, 11) is -4.62. The molecule has 0 radical (unpaired) electrons. The summed E-state index contributed by atoms with van der Waals surface area (Å²) in [6.07, 6.45) is 5.68. The van der Waals surface area contributed by atoms with Crippen LogP contribution in [0, 0.1) is 12.3 Å². The SMILES string of the molecule is C#C[C@]1(O)[C@H](n2ccc(=O)[nH]c2=O)O[C@](F)(COP(=O)(N[C@@H](C)C(=O)OC2CCCCC2)Oc2ccccc2)[C@H]1O. The molecule has 1 aliphatic carbocycles. The van der Waals surface area contributed by atoms with Gasteiger partial charge in [0.05, 0.1) is 0 Å². The van der Waals surface area contributed by atoms with Crippen LogP contribution in [0.5, 0.6) is 5.75 Å². The van der Waals surface area contributed by atoms with Gasteiger partial charge in [-0.15, -0.1) is 6.42 Å². The molecule has 0 spiro atoms. The molecule has 1 saturated carbocycles. The molecule has 1 aliphatic heterocycles. The van der Waals surface area contributed by atoms with Crippen LogP contribution in [0.25, 0.3) is 0 Å². The van der Waals surface area contributed by atoms with Gasteiger partial charge >= 0.3 is 19.4 Å². The van der Waals surface area contributed by atoms with Gasteiger partial charge in [-0.3, -0.25) is 23.7 Å². The van der Waals surface area contributed by atoms with Crippen LogP contribution in [0.4, 0.5) is 4.39 Å². The third-order valence-corrected chi connectivity index (χ3v) is 8.41. The van der Waals surface area contributed by atoms with Crippen LogP contribution in [0.3, 0.4) is 0 Å². The Kier molecular flexibility index (Phi) is 9.18. The molecule has 13 nitrogen and oxygen atoms in total.